The van der Waals surface area contributed by atoms with Crippen molar-refractivity contribution in [2.24, 2.45) is 17.6 Å². The number of carboxylic acids is 3. The minimum absolute atomic E-state index is 0.0675. The first-order valence-corrected chi connectivity index (χ1v) is 63.8. The van der Waals surface area contributed by atoms with E-state index in [4.69, 9.17) is 42.5 Å². The Balaban J connectivity index is -0.000000199. The number of alkyl halides is 2. The second kappa shape index (κ2) is 126. The van der Waals surface area contributed by atoms with E-state index in [1.165, 1.54) is 428 Å². The van der Waals surface area contributed by atoms with Crippen molar-refractivity contribution in [1.29, 1.82) is 0 Å². The van der Waals surface area contributed by atoms with Crippen LogP contribution < -0.4 is 11.1 Å². The van der Waals surface area contributed by atoms with Gasteiger partial charge < -0.3 is 41.1 Å². The molecule has 1 saturated carbocycles. The van der Waals surface area contributed by atoms with E-state index in [-0.39, 0.29) is 17.5 Å². The summed E-state index contributed by atoms with van der Waals surface area (Å²) < 4.78 is 5.63. The highest BCUT2D eigenvalue weighted by atomic mass is 79.9. The summed E-state index contributed by atoms with van der Waals surface area (Å²) in [5.41, 5.74) is 17.9. The monoisotopic (exact) mass is 2120 g/mol. The highest BCUT2D eigenvalue weighted by Crippen LogP contribution is 2.33. The van der Waals surface area contributed by atoms with Crippen LogP contribution in [0.3, 0.4) is 0 Å². The fourth-order valence-electron chi connectivity index (χ4n) is 15.6. The van der Waals surface area contributed by atoms with E-state index in [0.717, 1.165) is 109 Å². The molecule has 1 rings (SSSR count). The number of nitrogens with one attached hydrogen (secondary N) is 1. The largest absolute Gasteiger partial charge is 0.481 e. The fraction of sp³-hybridized carbons (Fsp3) is 0.794. The summed E-state index contributed by atoms with van der Waals surface area (Å²) in [6, 6.07) is 1.47. The molecule has 0 aromatic rings. The average Bonchev–Trinajstić information content (AvgIpc) is 0.887. The number of carboxylic acid groups (broad SMARTS) is 3. The zero-order chi connectivity index (χ0) is 109. The van der Waals surface area contributed by atoms with Crippen molar-refractivity contribution < 1.29 is 44.3 Å². The standard InChI is InChI=1S/C17H32O.C16H30BrCl.C15H31N.C15H28O2.C13H27N.C11H23N.C11H18O2.C10H22Si.C9H14O3S.C9H18O/c1-4-5-6-7-9-12-15-18-16-13-10-8-11-14-17(2)3;1-4-5-6-9-15(17)10-7-8-11-16(18)13-12-14(2)3;1-15(2)13-11-9-7-5-6-8-10-12-14-16(3)4;1-14(2)12-10-8-6-4-3-5-7-9-11-13-15(16)17;1-13(2)11-9-7-5-4-6-8-10-12-14-3;1-11(2)9-7-5-3-4-6-8-10-12;1-8(2)6-9-4-3-5-10(7-9)11(12)13;1-10(2)8-6-7-9-11(3,4)5;1-7(2)6-9(12)13-5-3-4-8(10)11;1-9(2)7-5-3-4-6-8-10/h4H,1-2,5-16H2,3H3;15-16H,2,4-13H2,1,3H3;1,5-14H2,2-4H3;1,3-13H2,2H3,(H,16,17);14H,1,4-12H2,2-3H3;1,3-10,12H2,2H3;9-10H,1,3-7H2,2H3,(H,12,13);1,6-9H2,2-5H3;1,3-6H2,2H3,(H,10,11);10H,1,3-8H2,2H3. The van der Waals surface area contributed by atoms with Gasteiger partial charge in [0.25, 0.3) is 0 Å². The number of thioether (sulfide) groups is 1. The smallest absolute Gasteiger partial charge is 0.306 e. The Morgan fingerprint density at radius 1 is 0.437 bits per heavy atom. The van der Waals surface area contributed by atoms with Crippen LogP contribution in [0.15, 0.2) is 134 Å². The van der Waals surface area contributed by atoms with E-state index >= 15 is 0 Å². The molecule has 1 aliphatic rings. The van der Waals surface area contributed by atoms with Gasteiger partial charge in [-0.05, 0) is 321 Å². The van der Waals surface area contributed by atoms with E-state index in [1.807, 2.05) is 20.0 Å². The summed E-state index contributed by atoms with van der Waals surface area (Å²) in [7, 11) is 5.58. The molecule has 1 fully saturated rings. The van der Waals surface area contributed by atoms with Gasteiger partial charge in [-0.25, -0.2) is 0 Å². The number of aliphatic hydroxyl groups excluding tert-OH is 1. The molecule has 16 heteroatoms. The lowest BCUT2D eigenvalue weighted by Crippen LogP contribution is -2.22. The molecule has 0 spiro atoms. The summed E-state index contributed by atoms with van der Waals surface area (Å²) in [6.07, 6.45) is 87.8. The van der Waals surface area contributed by atoms with Crippen molar-refractivity contribution >= 4 is 70.4 Å². The molecule has 0 aliphatic heterocycles. The highest BCUT2D eigenvalue weighted by molar-refractivity contribution is 9.09. The van der Waals surface area contributed by atoms with Crippen LogP contribution in [0.25, 0.3) is 0 Å². The van der Waals surface area contributed by atoms with Gasteiger partial charge in [0.05, 0.1) is 5.92 Å². The number of ether oxygens (including phenoxy) is 1. The predicted octanol–water partition coefficient (Wildman–Crippen LogP) is 40.7. The summed E-state index contributed by atoms with van der Waals surface area (Å²) in [5, 5.41) is 37.7. The van der Waals surface area contributed by atoms with Gasteiger partial charge in [-0.3, -0.25) is 19.2 Å². The van der Waals surface area contributed by atoms with Gasteiger partial charge in [-0.2, -0.15) is 0 Å². The molecule has 12 nitrogen and oxygen atoms in total. The van der Waals surface area contributed by atoms with Crippen molar-refractivity contribution in [1.82, 2.24) is 10.2 Å². The number of carbonyl (C=O) groups is 4. The first kappa shape index (κ1) is 156. The molecule has 0 aromatic heterocycles. The van der Waals surface area contributed by atoms with Gasteiger partial charge in [-0.1, -0.05) is 360 Å². The topological polar surface area (TPSA) is 200 Å². The lowest BCUT2D eigenvalue weighted by Gasteiger charge is -2.26. The Hall–Kier alpha value is -3.64. The summed E-state index contributed by atoms with van der Waals surface area (Å²) >= 11 is 11.3. The van der Waals surface area contributed by atoms with Crippen LogP contribution in [-0.4, -0.2) is 133 Å². The lowest BCUT2D eigenvalue weighted by molar-refractivity contribution is -0.143. The Morgan fingerprint density at radius 2 is 0.782 bits per heavy atom. The minimum Gasteiger partial charge on any atom is -0.481 e. The first-order valence-electron chi connectivity index (χ1n) is 57.8. The molecule has 142 heavy (non-hydrogen) atoms. The second-order valence-corrected chi connectivity index (χ2v) is 52.3. The number of aliphatic hydroxyl groups is 1. The number of hydrogen-bond donors (Lipinski definition) is 6. The van der Waals surface area contributed by atoms with Crippen LogP contribution in [0, 0.1) is 11.8 Å². The maximum atomic E-state index is 11.1. The van der Waals surface area contributed by atoms with Crippen molar-refractivity contribution in [3.63, 3.8) is 0 Å². The average molecular weight is 2120 g/mol. The van der Waals surface area contributed by atoms with Crippen LogP contribution >= 0.6 is 39.3 Å². The molecule has 0 amide bonds. The van der Waals surface area contributed by atoms with Crippen LogP contribution in [0.2, 0.25) is 25.7 Å². The number of nitrogens with two attached hydrogens (primary N) is 1. The van der Waals surface area contributed by atoms with E-state index in [2.05, 4.69) is 195 Å². The number of hydrogen-bond acceptors (Lipinski definition) is 10. The third kappa shape index (κ3) is 175. The third-order valence-electron chi connectivity index (χ3n) is 24.2. The van der Waals surface area contributed by atoms with Gasteiger partial charge in [0.15, 0.2) is 5.12 Å². The van der Waals surface area contributed by atoms with Gasteiger partial charge >= 0.3 is 17.9 Å². The van der Waals surface area contributed by atoms with Crippen LogP contribution in [-0.2, 0) is 23.9 Å². The summed E-state index contributed by atoms with van der Waals surface area (Å²) in [4.78, 5) is 45.2. The first-order chi connectivity index (χ1) is 67.4. The molecular formula is C126H243BrClN3O9SSi. The SMILES string of the molecule is C=C(C)CC(=O)SCCCC(=O)O.C=C(C)CC1CCCC(C(=O)O)C1.C=C(C)CCC(Cl)CCCCC(Br)CCCCC.C=C(C)CCCCCCCCCCCC(=O)O.C=C(C)CCCCCCCCCCN(C)C.C=C(C)CCCCCCCCCNC.C=C(C)CCCCCCCCN.C=C(C)CCCCCCO.C=C(C)CCCC[Si](C)(C)C.C=CCCCCCCOCCCCCCC(=C)C. The Kier molecular flexibility index (Phi) is 138. The minimum atomic E-state index is -0.812. The number of allylic oxidation sites excluding steroid dienone is 11. The quantitative estimate of drug-likeness (QED) is 0.0146. The molecule has 840 valence electrons. The molecule has 0 heterocycles. The Bertz CT molecular complexity index is 2890. The Morgan fingerprint density at radius 3 is 1.13 bits per heavy atom. The van der Waals surface area contributed by atoms with Crippen molar-refractivity contribution in [3.05, 3.63) is 134 Å². The van der Waals surface area contributed by atoms with E-state index in [9.17, 15) is 19.2 Å². The van der Waals surface area contributed by atoms with Gasteiger partial charge in [0.2, 0.25) is 0 Å². The third-order valence-corrected chi connectivity index (χ3v) is 28.4. The van der Waals surface area contributed by atoms with Crippen LogP contribution in [0.4, 0.5) is 0 Å². The van der Waals surface area contributed by atoms with E-state index in [1.54, 1.807) is 6.92 Å². The molecule has 0 aromatic carbocycles. The van der Waals surface area contributed by atoms with Gasteiger partial charge in [-0.15, -0.1) is 77.4 Å². The zero-order valence-electron chi connectivity index (χ0n) is 97.5. The fourth-order valence-corrected chi connectivity index (χ4v) is 18.7. The normalized spacial score (nSPS) is 12.6. The number of nitrogens with zero attached hydrogens (tertiary/aromatic N) is 1. The van der Waals surface area contributed by atoms with Crippen molar-refractivity contribution in [2.75, 3.05) is 66.4 Å². The predicted molar refractivity (Wildman–Crippen MR) is 649 cm³/mol. The number of halogens is 2. The zero-order valence-corrected chi connectivity index (χ0v) is 102. The molecule has 7 N–H and O–H groups in total. The van der Waals surface area contributed by atoms with Gasteiger partial charge in [0.1, 0.15) is 0 Å². The molecule has 0 saturated heterocycles. The van der Waals surface area contributed by atoms with Crippen LogP contribution in [0.1, 0.15) is 532 Å². The van der Waals surface area contributed by atoms with Gasteiger partial charge in [0, 0.05) is 63.1 Å². The Labute approximate surface area is 904 Å². The molecule has 4 atom stereocenters. The summed E-state index contributed by atoms with van der Waals surface area (Å²) in [5.74, 6) is -1.05. The van der Waals surface area contributed by atoms with Crippen LogP contribution in [0.5, 0.6) is 0 Å². The van der Waals surface area contributed by atoms with E-state index < -0.39 is 26.0 Å². The number of rotatable bonds is 87. The molecule has 4 unspecified atom stereocenters. The van der Waals surface area contributed by atoms with E-state index in [0.29, 0.717) is 47.7 Å². The second-order valence-electron chi connectivity index (χ2n) is 43.6. The molecular weight excluding hydrogens is 1870 g/mol. The molecule has 1 aliphatic carbocycles. The maximum absolute atomic E-state index is 11.1. The van der Waals surface area contributed by atoms with Crippen molar-refractivity contribution in [2.45, 2.75) is 568 Å². The molecule has 0 radical (unpaired) electrons. The molecule has 0 bridgehead atoms. The number of unbranched alkanes of at least 4 members (excludes halogenated alkanes) is 40. The highest BCUT2D eigenvalue weighted by Gasteiger charge is 2.27. The summed E-state index contributed by atoms with van der Waals surface area (Å²) in [6.45, 7) is 78.1. The lowest BCUT2D eigenvalue weighted by atomic mass is 9.79. The maximum Gasteiger partial charge on any atom is 0.306 e. The van der Waals surface area contributed by atoms with Crippen molar-refractivity contribution in [3.8, 4) is 0 Å². The number of aliphatic carboxylic acids is 3. The number of carbonyl (C=O) groups excluding carboxylic acids is 1.